The molecule has 2 heterocycles. The van der Waals surface area contributed by atoms with Gasteiger partial charge in [-0.15, -0.1) is 0 Å². The number of hydrogen-bond donors (Lipinski definition) is 3. The molecule has 7 heteroatoms. The van der Waals surface area contributed by atoms with E-state index >= 15 is 0 Å². The monoisotopic (exact) mass is 379 g/mol. The number of aromatic amines is 2. The Kier molecular flexibility index (Phi) is 4.65. The van der Waals surface area contributed by atoms with Crippen molar-refractivity contribution in [3.63, 3.8) is 0 Å². The van der Waals surface area contributed by atoms with E-state index in [1.165, 1.54) is 6.08 Å². The Balaban J connectivity index is 1.53. The lowest BCUT2D eigenvalue weighted by Gasteiger charge is -2.10. The molecule has 1 amide bonds. The van der Waals surface area contributed by atoms with E-state index in [9.17, 15) is 9.59 Å². The molecule has 28 heavy (non-hydrogen) atoms. The van der Waals surface area contributed by atoms with Crippen LogP contribution in [0.1, 0.15) is 25.0 Å². The third kappa shape index (κ3) is 3.64. The average Bonchev–Trinajstić information content (AvgIpc) is 3.19. The number of benzene rings is 2. The first-order chi connectivity index (χ1) is 13.5. The van der Waals surface area contributed by atoms with E-state index in [-0.39, 0.29) is 17.7 Å². The molecule has 2 aromatic carbocycles. The average molecular weight is 379 g/mol. The van der Waals surface area contributed by atoms with Crippen LogP contribution >= 0.6 is 0 Å². The van der Waals surface area contributed by atoms with Crippen LogP contribution in [0.15, 0.2) is 41.2 Å². The van der Waals surface area contributed by atoms with E-state index in [4.69, 9.17) is 9.47 Å². The molecule has 0 saturated carbocycles. The molecule has 1 aliphatic rings. The van der Waals surface area contributed by atoms with E-state index in [0.717, 1.165) is 29.0 Å². The molecule has 1 unspecified atom stereocenters. The van der Waals surface area contributed by atoms with Gasteiger partial charge in [0, 0.05) is 29.3 Å². The minimum absolute atomic E-state index is 0.141. The zero-order chi connectivity index (χ0) is 19.7. The predicted molar refractivity (Wildman–Crippen MR) is 108 cm³/mol. The van der Waals surface area contributed by atoms with Gasteiger partial charge in [0.05, 0.1) is 17.6 Å². The number of carbonyl (C=O) groups is 1. The van der Waals surface area contributed by atoms with Gasteiger partial charge in [0.25, 0.3) is 0 Å². The van der Waals surface area contributed by atoms with Crippen molar-refractivity contribution in [2.45, 2.75) is 26.4 Å². The molecule has 0 saturated heterocycles. The van der Waals surface area contributed by atoms with Gasteiger partial charge in [-0.1, -0.05) is 0 Å². The molecule has 1 aromatic heterocycles. The van der Waals surface area contributed by atoms with E-state index in [1.54, 1.807) is 24.3 Å². The Labute approximate surface area is 161 Å². The molecule has 3 N–H and O–H groups in total. The quantitative estimate of drug-likeness (QED) is 0.593. The minimum Gasteiger partial charge on any atom is -0.493 e. The van der Waals surface area contributed by atoms with Crippen molar-refractivity contribution in [1.82, 2.24) is 9.97 Å². The zero-order valence-corrected chi connectivity index (χ0v) is 15.7. The van der Waals surface area contributed by atoms with E-state index in [1.807, 2.05) is 26.0 Å². The van der Waals surface area contributed by atoms with Crippen molar-refractivity contribution in [1.29, 1.82) is 0 Å². The molecule has 7 nitrogen and oxygen atoms in total. The molecular formula is C21H21N3O4. The predicted octanol–water partition coefficient (Wildman–Crippen LogP) is 3.23. The number of nitrogens with one attached hydrogen (secondary N) is 3. The number of hydrogen-bond acceptors (Lipinski definition) is 4. The lowest BCUT2D eigenvalue weighted by Crippen LogP contribution is -2.07. The number of rotatable bonds is 5. The SMILES string of the molecule is CCOc1cc2c(cc1/C=C/C(=O)Nc1ccc3[nH]c(=O)[nH]c3c1)OC(C)C2. The highest BCUT2D eigenvalue weighted by molar-refractivity contribution is 6.03. The van der Waals surface area contributed by atoms with Gasteiger partial charge in [-0.25, -0.2) is 4.79 Å². The molecule has 1 aliphatic heterocycles. The fourth-order valence-corrected chi connectivity index (χ4v) is 3.33. The first-order valence-corrected chi connectivity index (χ1v) is 9.19. The van der Waals surface area contributed by atoms with E-state index in [0.29, 0.717) is 23.3 Å². The fourth-order valence-electron chi connectivity index (χ4n) is 3.33. The van der Waals surface area contributed by atoms with Gasteiger partial charge in [0.1, 0.15) is 17.6 Å². The summed E-state index contributed by atoms with van der Waals surface area (Å²) in [7, 11) is 0. The number of H-pyrrole nitrogens is 2. The number of amides is 1. The maximum absolute atomic E-state index is 12.3. The number of ether oxygens (including phenoxy) is 2. The van der Waals surface area contributed by atoms with Crippen molar-refractivity contribution >= 4 is 28.7 Å². The van der Waals surface area contributed by atoms with Crippen molar-refractivity contribution in [2.75, 3.05) is 11.9 Å². The highest BCUT2D eigenvalue weighted by atomic mass is 16.5. The van der Waals surface area contributed by atoms with Crippen LogP contribution in [0.5, 0.6) is 11.5 Å². The van der Waals surface area contributed by atoms with Crippen molar-refractivity contribution in [2.24, 2.45) is 0 Å². The van der Waals surface area contributed by atoms with Crippen LogP contribution in [0.4, 0.5) is 5.69 Å². The molecule has 144 valence electrons. The first kappa shape index (κ1) is 17.9. The summed E-state index contributed by atoms with van der Waals surface area (Å²) in [6, 6.07) is 9.06. The standard InChI is InChI=1S/C21H21N3O4/c1-3-27-18-10-14-8-12(2)28-19(14)9-13(18)4-7-20(25)22-15-5-6-16-17(11-15)24-21(26)23-16/h4-7,9-12H,3,8H2,1-2H3,(H,22,25)(H2,23,24,26)/b7-4+. The van der Waals surface area contributed by atoms with Crippen molar-refractivity contribution in [3.05, 3.63) is 58.0 Å². The summed E-state index contributed by atoms with van der Waals surface area (Å²) < 4.78 is 11.5. The van der Waals surface area contributed by atoms with Gasteiger partial charge >= 0.3 is 5.69 Å². The van der Waals surface area contributed by atoms with Crippen LogP contribution in [0, 0.1) is 0 Å². The summed E-state index contributed by atoms with van der Waals surface area (Å²) in [5, 5.41) is 2.79. The summed E-state index contributed by atoms with van der Waals surface area (Å²) in [6.07, 6.45) is 4.15. The Bertz CT molecular complexity index is 1130. The largest absolute Gasteiger partial charge is 0.493 e. The highest BCUT2D eigenvalue weighted by Gasteiger charge is 2.21. The highest BCUT2D eigenvalue weighted by Crippen LogP contribution is 2.35. The van der Waals surface area contributed by atoms with Crippen LogP contribution in [0.3, 0.4) is 0 Å². The van der Waals surface area contributed by atoms with Gasteiger partial charge in [0.2, 0.25) is 5.91 Å². The van der Waals surface area contributed by atoms with Crippen LogP contribution in [-0.2, 0) is 11.2 Å². The zero-order valence-electron chi connectivity index (χ0n) is 15.7. The maximum Gasteiger partial charge on any atom is 0.323 e. The second kappa shape index (κ2) is 7.26. The van der Waals surface area contributed by atoms with Gasteiger partial charge in [0.15, 0.2) is 0 Å². The summed E-state index contributed by atoms with van der Waals surface area (Å²) in [5.74, 6) is 1.28. The molecule has 3 aromatic rings. The van der Waals surface area contributed by atoms with Crippen molar-refractivity contribution in [3.8, 4) is 11.5 Å². The Morgan fingerprint density at radius 3 is 2.93 bits per heavy atom. The molecule has 0 radical (unpaired) electrons. The number of carbonyl (C=O) groups excluding carboxylic acids is 1. The van der Waals surface area contributed by atoms with E-state index in [2.05, 4.69) is 15.3 Å². The van der Waals surface area contributed by atoms with Gasteiger partial charge in [-0.3, -0.25) is 4.79 Å². The van der Waals surface area contributed by atoms with Crippen LogP contribution in [0.25, 0.3) is 17.1 Å². The van der Waals surface area contributed by atoms with Gasteiger partial charge < -0.3 is 24.8 Å². The van der Waals surface area contributed by atoms with Gasteiger partial charge in [-0.2, -0.15) is 0 Å². The van der Waals surface area contributed by atoms with Gasteiger partial charge in [-0.05, 0) is 50.3 Å². The molecule has 0 spiro atoms. The molecule has 0 bridgehead atoms. The fraction of sp³-hybridized carbons (Fsp3) is 0.238. The molecule has 0 fully saturated rings. The first-order valence-electron chi connectivity index (χ1n) is 9.19. The minimum atomic E-state index is -0.283. The van der Waals surface area contributed by atoms with Crippen LogP contribution in [-0.4, -0.2) is 28.6 Å². The Morgan fingerprint density at radius 1 is 1.29 bits per heavy atom. The second-order valence-corrected chi connectivity index (χ2v) is 6.73. The third-order valence-electron chi connectivity index (χ3n) is 4.53. The lowest BCUT2D eigenvalue weighted by molar-refractivity contribution is -0.111. The lowest BCUT2D eigenvalue weighted by atomic mass is 10.1. The number of aromatic nitrogens is 2. The molecular weight excluding hydrogens is 358 g/mol. The Hall–Kier alpha value is -3.48. The summed E-state index contributed by atoms with van der Waals surface area (Å²) in [4.78, 5) is 29.0. The molecule has 4 rings (SSSR count). The number of fused-ring (bicyclic) bond motifs is 2. The topological polar surface area (TPSA) is 96.2 Å². The molecule has 0 aliphatic carbocycles. The summed E-state index contributed by atoms with van der Waals surface area (Å²) in [6.45, 7) is 4.49. The second-order valence-electron chi connectivity index (χ2n) is 6.73. The van der Waals surface area contributed by atoms with Crippen LogP contribution < -0.4 is 20.5 Å². The smallest absolute Gasteiger partial charge is 0.323 e. The summed E-state index contributed by atoms with van der Waals surface area (Å²) in [5.41, 5.74) is 3.53. The normalized spacial score (nSPS) is 15.6. The Morgan fingerprint density at radius 2 is 2.11 bits per heavy atom. The molecule has 1 atom stereocenters. The number of imidazole rings is 1. The third-order valence-corrected chi connectivity index (χ3v) is 4.53. The van der Waals surface area contributed by atoms with E-state index < -0.39 is 0 Å². The number of anilines is 1. The van der Waals surface area contributed by atoms with Crippen LogP contribution in [0.2, 0.25) is 0 Å². The summed E-state index contributed by atoms with van der Waals surface area (Å²) >= 11 is 0. The van der Waals surface area contributed by atoms with Crippen molar-refractivity contribution < 1.29 is 14.3 Å². The maximum atomic E-state index is 12.3.